The molecule has 0 saturated heterocycles. The molecule has 1 amide bonds. The van der Waals surface area contributed by atoms with Crippen molar-refractivity contribution in [2.75, 3.05) is 20.3 Å². The zero-order chi connectivity index (χ0) is 18.5. The van der Waals surface area contributed by atoms with Crippen molar-refractivity contribution in [3.63, 3.8) is 0 Å². The second kappa shape index (κ2) is 7.93. The van der Waals surface area contributed by atoms with E-state index in [0.717, 1.165) is 10.9 Å². The van der Waals surface area contributed by atoms with Crippen LogP contribution in [0, 0.1) is 0 Å². The molecule has 2 N–H and O–H groups in total. The second-order valence-corrected chi connectivity index (χ2v) is 6.02. The lowest BCUT2D eigenvalue weighted by atomic mass is 10.1. The normalized spacial score (nSPS) is 12.0. The molecule has 1 unspecified atom stereocenters. The van der Waals surface area contributed by atoms with Gasteiger partial charge in [-0.1, -0.05) is 12.1 Å². The number of ether oxygens (including phenoxy) is 2. The Kier molecular flexibility index (Phi) is 5.43. The number of aliphatic hydroxyl groups excluding tert-OH is 1. The number of rotatable bonds is 7. The molecule has 6 nitrogen and oxygen atoms in total. The summed E-state index contributed by atoms with van der Waals surface area (Å²) in [6.45, 7) is 0.176. The standard InChI is InChI=1S/C20H22N2O4/c1-22-10-9-17-18(7-4-8-19(17)22)20(24)21-12-14(23)13-26-16-6-3-5-15(11-16)25-2/h3-11,14,23H,12-13H2,1-2H3,(H,21,24). The molecule has 3 rings (SSSR count). The van der Waals surface area contributed by atoms with Crippen LogP contribution in [0.25, 0.3) is 10.9 Å². The zero-order valence-electron chi connectivity index (χ0n) is 14.8. The van der Waals surface area contributed by atoms with E-state index in [4.69, 9.17) is 9.47 Å². The molecule has 6 heteroatoms. The summed E-state index contributed by atoms with van der Waals surface area (Å²) in [5, 5.41) is 13.7. The van der Waals surface area contributed by atoms with Gasteiger partial charge in [0, 0.05) is 42.3 Å². The van der Waals surface area contributed by atoms with E-state index in [9.17, 15) is 9.90 Å². The van der Waals surface area contributed by atoms with Crippen LogP contribution < -0.4 is 14.8 Å². The van der Waals surface area contributed by atoms with Crippen LogP contribution in [0.15, 0.2) is 54.7 Å². The number of nitrogens with one attached hydrogen (secondary N) is 1. The van der Waals surface area contributed by atoms with Gasteiger partial charge in [0.2, 0.25) is 0 Å². The van der Waals surface area contributed by atoms with Crippen LogP contribution in [0.1, 0.15) is 10.4 Å². The van der Waals surface area contributed by atoms with Gasteiger partial charge >= 0.3 is 0 Å². The number of aromatic nitrogens is 1. The second-order valence-electron chi connectivity index (χ2n) is 6.02. The Bertz CT molecular complexity index is 904. The van der Waals surface area contributed by atoms with E-state index in [1.165, 1.54) is 0 Å². The van der Waals surface area contributed by atoms with E-state index in [1.54, 1.807) is 25.3 Å². The van der Waals surface area contributed by atoms with Crippen molar-refractivity contribution in [1.29, 1.82) is 0 Å². The van der Waals surface area contributed by atoms with Crippen molar-refractivity contribution in [1.82, 2.24) is 9.88 Å². The van der Waals surface area contributed by atoms with Gasteiger partial charge in [0.25, 0.3) is 5.91 Å². The van der Waals surface area contributed by atoms with Crippen molar-refractivity contribution in [2.24, 2.45) is 7.05 Å². The average Bonchev–Trinajstić information content (AvgIpc) is 3.05. The minimum atomic E-state index is -0.819. The molecule has 0 radical (unpaired) electrons. The van der Waals surface area contributed by atoms with Crippen LogP contribution in [-0.2, 0) is 7.05 Å². The molecular weight excluding hydrogens is 332 g/mol. The molecule has 0 spiro atoms. The van der Waals surface area contributed by atoms with Crippen molar-refractivity contribution in [2.45, 2.75) is 6.10 Å². The zero-order valence-corrected chi connectivity index (χ0v) is 14.8. The van der Waals surface area contributed by atoms with E-state index in [0.29, 0.717) is 17.1 Å². The fourth-order valence-corrected chi connectivity index (χ4v) is 2.75. The van der Waals surface area contributed by atoms with Gasteiger partial charge in [-0.15, -0.1) is 0 Å². The highest BCUT2D eigenvalue weighted by molar-refractivity contribution is 6.06. The van der Waals surface area contributed by atoms with E-state index in [1.807, 2.05) is 48.1 Å². The molecule has 3 aromatic rings. The third-order valence-corrected chi connectivity index (χ3v) is 4.15. The maximum atomic E-state index is 12.4. The van der Waals surface area contributed by atoms with Gasteiger partial charge in [-0.05, 0) is 30.3 Å². The monoisotopic (exact) mass is 354 g/mol. The SMILES string of the molecule is COc1cccc(OCC(O)CNC(=O)c2cccc3c2ccn3C)c1. The van der Waals surface area contributed by atoms with Gasteiger partial charge in [-0.3, -0.25) is 4.79 Å². The summed E-state index contributed by atoms with van der Waals surface area (Å²) in [5.74, 6) is 1.06. The Labute approximate surface area is 152 Å². The molecule has 1 aromatic heterocycles. The van der Waals surface area contributed by atoms with Crippen LogP contribution in [0.2, 0.25) is 0 Å². The number of nitrogens with zero attached hydrogens (tertiary/aromatic N) is 1. The molecule has 136 valence electrons. The molecule has 0 aliphatic heterocycles. The molecule has 1 atom stereocenters. The van der Waals surface area contributed by atoms with E-state index in [2.05, 4.69) is 5.32 Å². The number of fused-ring (bicyclic) bond motifs is 1. The summed E-state index contributed by atoms with van der Waals surface area (Å²) in [4.78, 5) is 12.4. The van der Waals surface area contributed by atoms with E-state index >= 15 is 0 Å². The van der Waals surface area contributed by atoms with Gasteiger partial charge in [0.15, 0.2) is 0 Å². The highest BCUT2D eigenvalue weighted by atomic mass is 16.5. The first-order valence-electron chi connectivity index (χ1n) is 8.35. The summed E-state index contributed by atoms with van der Waals surface area (Å²) in [5.41, 5.74) is 1.57. The highest BCUT2D eigenvalue weighted by Crippen LogP contribution is 2.20. The maximum absolute atomic E-state index is 12.4. The molecule has 2 aromatic carbocycles. The van der Waals surface area contributed by atoms with E-state index in [-0.39, 0.29) is 19.1 Å². The van der Waals surface area contributed by atoms with Crippen molar-refractivity contribution in [3.8, 4) is 11.5 Å². The largest absolute Gasteiger partial charge is 0.497 e. The number of amides is 1. The molecule has 0 aliphatic rings. The van der Waals surface area contributed by atoms with Crippen LogP contribution in [0.3, 0.4) is 0 Å². The lowest BCUT2D eigenvalue weighted by molar-refractivity contribution is 0.0845. The number of benzene rings is 2. The number of carbonyl (C=O) groups excluding carboxylic acids is 1. The van der Waals surface area contributed by atoms with Crippen molar-refractivity contribution >= 4 is 16.8 Å². The maximum Gasteiger partial charge on any atom is 0.252 e. The Hall–Kier alpha value is -2.99. The molecular formula is C20H22N2O4. The van der Waals surface area contributed by atoms with Gasteiger partial charge in [-0.25, -0.2) is 0 Å². The summed E-state index contributed by atoms with van der Waals surface area (Å²) < 4.78 is 12.6. The number of aryl methyl sites for hydroxylation is 1. The Morgan fingerprint density at radius 2 is 1.96 bits per heavy atom. The van der Waals surface area contributed by atoms with Crippen LogP contribution in [0.4, 0.5) is 0 Å². The highest BCUT2D eigenvalue weighted by Gasteiger charge is 2.13. The molecule has 0 saturated carbocycles. The number of methoxy groups -OCH3 is 1. The molecule has 0 aliphatic carbocycles. The molecule has 0 fully saturated rings. The summed E-state index contributed by atoms with van der Waals surface area (Å²) in [6.07, 6.45) is 1.10. The minimum Gasteiger partial charge on any atom is -0.497 e. The number of aliphatic hydroxyl groups is 1. The minimum absolute atomic E-state index is 0.0724. The third-order valence-electron chi connectivity index (χ3n) is 4.15. The lowest BCUT2D eigenvalue weighted by Gasteiger charge is -2.14. The summed E-state index contributed by atoms with van der Waals surface area (Å²) >= 11 is 0. The smallest absolute Gasteiger partial charge is 0.252 e. The fourth-order valence-electron chi connectivity index (χ4n) is 2.75. The first kappa shape index (κ1) is 17.8. The quantitative estimate of drug-likeness (QED) is 0.683. The topological polar surface area (TPSA) is 72.7 Å². The number of hydrogen-bond donors (Lipinski definition) is 2. The first-order valence-corrected chi connectivity index (χ1v) is 8.35. The Morgan fingerprint density at radius 1 is 1.19 bits per heavy atom. The Balaban J connectivity index is 1.55. The predicted molar refractivity (Wildman–Crippen MR) is 99.7 cm³/mol. The van der Waals surface area contributed by atoms with Crippen LogP contribution >= 0.6 is 0 Å². The number of carbonyl (C=O) groups is 1. The lowest BCUT2D eigenvalue weighted by Crippen LogP contribution is -2.35. The van der Waals surface area contributed by atoms with Gasteiger partial charge in [0.1, 0.15) is 24.2 Å². The van der Waals surface area contributed by atoms with Gasteiger partial charge < -0.3 is 24.5 Å². The molecule has 0 bridgehead atoms. The van der Waals surface area contributed by atoms with Gasteiger partial charge in [-0.2, -0.15) is 0 Å². The van der Waals surface area contributed by atoms with Gasteiger partial charge in [0.05, 0.1) is 7.11 Å². The molecule has 1 heterocycles. The Morgan fingerprint density at radius 3 is 2.77 bits per heavy atom. The average molecular weight is 354 g/mol. The predicted octanol–water partition coefficient (Wildman–Crippen LogP) is 2.36. The van der Waals surface area contributed by atoms with E-state index < -0.39 is 6.10 Å². The third kappa shape index (κ3) is 3.97. The van der Waals surface area contributed by atoms with Crippen LogP contribution in [-0.4, -0.2) is 41.9 Å². The summed E-state index contributed by atoms with van der Waals surface area (Å²) in [7, 11) is 3.51. The first-order chi connectivity index (χ1) is 12.6. The van der Waals surface area contributed by atoms with Crippen molar-refractivity contribution in [3.05, 3.63) is 60.3 Å². The summed E-state index contributed by atoms with van der Waals surface area (Å²) in [6, 6.07) is 14.6. The molecule has 26 heavy (non-hydrogen) atoms. The van der Waals surface area contributed by atoms with Crippen molar-refractivity contribution < 1.29 is 19.4 Å². The van der Waals surface area contributed by atoms with Crippen LogP contribution in [0.5, 0.6) is 11.5 Å². The number of hydrogen-bond acceptors (Lipinski definition) is 4. The fraction of sp³-hybridized carbons (Fsp3) is 0.250.